The number of benzene rings is 1. The summed E-state index contributed by atoms with van der Waals surface area (Å²) in [6.45, 7) is 1.22. The molecule has 1 aromatic rings. The molecule has 6 nitrogen and oxygen atoms in total. The van der Waals surface area contributed by atoms with Crippen molar-refractivity contribution in [3.05, 3.63) is 33.4 Å². The number of anilines is 1. The highest BCUT2D eigenvalue weighted by Gasteiger charge is 2.17. The molecule has 0 aliphatic heterocycles. The number of carbonyl (C=O) groups is 1. The van der Waals surface area contributed by atoms with E-state index in [4.69, 9.17) is 11.0 Å². The molecular weight excluding hydrogens is 198 g/mol. The lowest BCUT2D eigenvalue weighted by Crippen LogP contribution is -2.03. The highest BCUT2D eigenvalue weighted by Crippen LogP contribution is 2.24. The second-order valence-electron chi connectivity index (χ2n) is 2.88. The molecule has 0 aromatic heterocycles. The summed E-state index contributed by atoms with van der Waals surface area (Å²) in [6, 6.07) is 3.86. The van der Waals surface area contributed by atoms with Gasteiger partial charge in [-0.3, -0.25) is 14.9 Å². The zero-order valence-electron chi connectivity index (χ0n) is 7.85. The lowest BCUT2D eigenvalue weighted by molar-refractivity contribution is -0.384. The van der Waals surface area contributed by atoms with Crippen LogP contribution < -0.4 is 5.73 Å². The van der Waals surface area contributed by atoms with Crippen molar-refractivity contribution >= 4 is 17.2 Å². The van der Waals surface area contributed by atoms with Gasteiger partial charge in [-0.15, -0.1) is 0 Å². The molecule has 1 rings (SSSR count). The second-order valence-corrected chi connectivity index (χ2v) is 2.88. The topological polar surface area (TPSA) is 110 Å². The number of carbonyl (C=O) groups excluding carboxylic acids is 1. The average Bonchev–Trinajstić information content (AvgIpc) is 2.16. The van der Waals surface area contributed by atoms with Gasteiger partial charge in [0.05, 0.1) is 16.2 Å². The number of rotatable bonds is 2. The van der Waals surface area contributed by atoms with Gasteiger partial charge in [-0.25, -0.2) is 0 Å². The maximum atomic E-state index is 11.1. The van der Waals surface area contributed by atoms with Gasteiger partial charge in [0.25, 0.3) is 5.69 Å². The number of nitro benzene ring substituents is 1. The van der Waals surface area contributed by atoms with Gasteiger partial charge < -0.3 is 5.73 Å². The molecule has 0 aliphatic carbocycles. The van der Waals surface area contributed by atoms with E-state index in [-0.39, 0.29) is 22.5 Å². The molecule has 0 aliphatic rings. The van der Waals surface area contributed by atoms with E-state index >= 15 is 0 Å². The third-order valence-corrected chi connectivity index (χ3v) is 1.86. The minimum atomic E-state index is -0.663. The summed E-state index contributed by atoms with van der Waals surface area (Å²) in [6.07, 6.45) is 0. The number of nitrogen functional groups attached to an aromatic ring is 1. The number of Topliss-reactive ketones (excluding diaryl/α,β-unsaturated/α-hetero) is 1. The fourth-order valence-corrected chi connectivity index (χ4v) is 1.16. The molecular formula is C9H7N3O3. The van der Waals surface area contributed by atoms with Gasteiger partial charge in [-0.1, -0.05) is 0 Å². The minimum Gasteiger partial charge on any atom is -0.397 e. The number of hydrogen-bond acceptors (Lipinski definition) is 5. The molecule has 1 aromatic carbocycles. The van der Waals surface area contributed by atoms with Crippen LogP contribution >= 0.6 is 0 Å². The van der Waals surface area contributed by atoms with Crippen molar-refractivity contribution in [1.29, 1.82) is 5.26 Å². The SMILES string of the molecule is CC(=O)c1cc([N+](=O)[O-])cc(N)c1C#N. The summed E-state index contributed by atoms with van der Waals surface area (Å²) in [5, 5.41) is 19.2. The first-order valence-electron chi connectivity index (χ1n) is 3.96. The van der Waals surface area contributed by atoms with E-state index in [1.54, 1.807) is 6.07 Å². The summed E-state index contributed by atoms with van der Waals surface area (Å²) < 4.78 is 0. The predicted octanol–water partition coefficient (Wildman–Crippen LogP) is 1.25. The zero-order chi connectivity index (χ0) is 11.6. The lowest BCUT2D eigenvalue weighted by atomic mass is 10.0. The van der Waals surface area contributed by atoms with Gasteiger partial charge in [0.2, 0.25) is 0 Å². The Kier molecular flexibility index (Phi) is 2.67. The van der Waals surface area contributed by atoms with Crippen LogP contribution in [0.4, 0.5) is 11.4 Å². The molecule has 2 N–H and O–H groups in total. The third kappa shape index (κ3) is 1.91. The summed E-state index contributed by atoms with van der Waals surface area (Å²) in [7, 11) is 0. The van der Waals surface area contributed by atoms with Crippen molar-refractivity contribution in [3.8, 4) is 6.07 Å². The summed E-state index contributed by atoms with van der Waals surface area (Å²) in [4.78, 5) is 20.9. The van der Waals surface area contributed by atoms with E-state index in [0.717, 1.165) is 12.1 Å². The standard InChI is InChI=1S/C9H7N3O3/c1-5(13)7-2-6(12(14)15)3-9(11)8(7)4-10/h2-3H,11H2,1H3. The third-order valence-electron chi connectivity index (χ3n) is 1.86. The Balaban J connectivity index is 3.54. The van der Waals surface area contributed by atoms with Crippen molar-refractivity contribution in [2.45, 2.75) is 6.92 Å². The maximum Gasteiger partial charge on any atom is 0.272 e. The van der Waals surface area contributed by atoms with Crippen LogP contribution in [0.3, 0.4) is 0 Å². The van der Waals surface area contributed by atoms with Gasteiger partial charge in [-0.2, -0.15) is 5.26 Å². The highest BCUT2D eigenvalue weighted by atomic mass is 16.6. The Labute approximate surface area is 85.1 Å². The van der Waals surface area contributed by atoms with Gasteiger partial charge in [0.1, 0.15) is 6.07 Å². The first kappa shape index (κ1) is 10.7. The molecule has 76 valence electrons. The number of hydrogen-bond donors (Lipinski definition) is 1. The smallest absolute Gasteiger partial charge is 0.272 e. The molecule has 0 spiro atoms. The summed E-state index contributed by atoms with van der Waals surface area (Å²) in [5.41, 5.74) is 5.03. The van der Waals surface area contributed by atoms with Crippen molar-refractivity contribution in [3.63, 3.8) is 0 Å². The lowest BCUT2D eigenvalue weighted by Gasteiger charge is -2.02. The van der Waals surface area contributed by atoms with E-state index in [1.807, 2.05) is 0 Å². The highest BCUT2D eigenvalue weighted by molar-refractivity contribution is 5.98. The maximum absolute atomic E-state index is 11.1. The quantitative estimate of drug-likeness (QED) is 0.338. The molecule has 6 heteroatoms. The van der Waals surface area contributed by atoms with Crippen LogP contribution in [-0.2, 0) is 0 Å². The minimum absolute atomic E-state index is 0.0203. The van der Waals surface area contributed by atoms with Crippen molar-refractivity contribution < 1.29 is 9.72 Å². The number of nitriles is 1. The number of nitrogens with two attached hydrogens (primary N) is 1. The fourth-order valence-electron chi connectivity index (χ4n) is 1.16. The Hall–Kier alpha value is -2.42. The first-order valence-corrected chi connectivity index (χ1v) is 3.96. The zero-order valence-corrected chi connectivity index (χ0v) is 7.85. The van der Waals surface area contributed by atoms with E-state index in [1.165, 1.54) is 6.92 Å². The molecule has 0 bridgehead atoms. The van der Waals surface area contributed by atoms with Crippen LogP contribution in [0.25, 0.3) is 0 Å². The molecule has 0 heterocycles. The summed E-state index contributed by atoms with van der Waals surface area (Å²) in [5.74, 6) is -0.429. The van der Waals surface area contributed by atoms with Gasteiger partial charge in [0.15, 0.2) is 5.78 Å². The van der Waals surface area contributed by atoms with E-state index < -0.39 is 10.7 Å². The Morgan fingerprint density at radius 1 is 1.60 bits per heavy atom. The molecule has 0 atom stereocenters. The van der Waals surface area contributed by atoms with Gasteiger partial charge in [-0.05, 0) is 6.92 Å². The van der Waals surface area contributed by atoms with E-state index in [0.29, 0.717) is 0 Å². The Bertz CT molecular complexity index is 488. The predicted molar refractivity (Wildman–Crippen MR) is 52.2 cm³/mol. The second kappa shape index (κ2) is 3.75. The molecule has 0 saturated heterocycles. The summed E-state index contributed by atoms with van der Waals surface area (Å²) >= 11 is 0. The number of ketones is 1. The van der Waals surface area contributed by atoms with Crippen LogP contribution in [0, 0.1) is 21.4 Å². The van der Waals surface area contributed by atoms with E-state index in [9.17, 15) is 14.9 Å². The van der Waals surface area contributed by atoms with Crippen LogP contribution in [0.2, 0.25) is 0 Å². The number of nitrogens with zero attached hydrogens (tertiary/aromatic N) is 2. The largest absolute Gasteiger partial charge is 0.397 e. The van der Waals surface area contributed by atoms with Crippen LogP contribution in [0.1, 0.15) is 22.8 Å². The van der Waals surface area contributed by atoms with E-state index in [2.05, 4.69) is 0 Å². The van der Waals surface area contributed by atoms with Gasteiger partial charge in [0, 0.05) is 17.7 Å². The average molecular weight is 205 g/mol. The number of non-ortho nitro benzene ring substituents is 1. The monoisotopic (exact) mass is 205 g/mol. The Morgan fingerprint density at radius 3 is 2.60 bits per heavy atom. The first-order chi connectivity index (χ1) is 6.97. The van der Waals surface area contributed by atoms with Crippen molar-refractivity contribution in [2.75, 3.05) is 5.73 Å². The molecule has 0 amide bonds. The fraction of sp³-hybridized carbons (Fsp3) is 0.111. The Morgan fingerprint density at radius 2 is 2.20 bits per heavy atom. The van der Waals surface area contributed by atoms with Crippen LogP contribution in [-0.4, -0.2) is 10.7 Å². The van der Waals surface area contributed by atoms with Crippen molar-refractivity contribution in [1.82, 2.24) is 0 Å². The van der Waals surface area contributed by atoms with Crippen molar-refractivity contribution in [2.24, 2.45) is 0 Å². The molecule has 0 radical (unpaired) electrons. The van der Waals surface area contributed by atoms with Crippen LogP contribution in [0.15, 0.2) is 12.1 Å². The molecule has 15 heavy (non-hydrogen) atoms. The van der Waals surface area contributed by atoms with Crippen LogP contribution in [0.5, 0.6) is 0 Å². The molecule has 0 fully saturated rings. The molecule has 0 unspecified atom stereocenters. The van der Waals surface area contributed by atoms with Gasteiger partial charge >= 0.3 is 0 Å². The molecule has 0 saturated carbocycles. The normalized spacial score (nSPS) is 9.33. The number of nitro groups is 1.